The third-order valence-corrected chi connectivity index (χ3v) is 7.65. The first kappa shape index (κ1) is 28.9. The summed E-state index contributed by atoms with van der Waals surface area (Å²) in [4.78, 5) is 33.4. The van der Waals surface area contributed by atoms with Crippen molar-refractivity contribution in [3.8, 4) is 23.0 Å². The summed E-state index contributed by atoms with van der Waals surface area (Å²) in [7, 11) is 0. The molecule has 5 rings (SSSR count). The van der Waals surface area contributed by atoms with Crippen LogP contribution in [0.15, 0.2) is 66.2 Å². The van der Waals surface area contributed by atoms with Crippen LogP contribution < -0.4 is 23.8 Å². The van der Waals surface area contributed by atoms with Gasteiger partial charge < -0.3 is 24.1 Å². The molecule has 1 N–H and O–H groups in total. The number of fused-ring (bicyclic) bond motifs is 1. The van der Waals surface area contributed by atoms with Gasteiger partial charge in [0.05, 0.1) is 48.3 Å². The van der Waals surface area contributed by atoms with Crippen LogP contribution in [0.5, 0.6) is 23.0 Å². The molecule has 9 nitrogen and oxygen atoms in total. The molecule has 0 spiro atoms. The van der Waals surface area contributed by atoms with Gasteiger partial charge in [-0.2, -0.15) is 0 Å². The Morgan fingerprint density at radius 2 is 1.45 bits per heavy atom. The molecule has 218 valence electrons. The monoisotopic (exact) mass is 588 g/mol. The predicted molar refractivity (Wildman–Crippen MR) is 162 cm³/mol. The second kappa shape index (κ2) is 12.5. The standard InChI is InChI=1S/C32H32N2O7S/c1-5-38-21-12-9-19(10-13-21)29(35)27-28(20-11-16-24(40-7-3)25(17-20)41-8-4)34(31(37)30(27)36)32-33-23-15-14-22(39-6-2)18-26(23)42-32/h9-18,28,35H,5-8H2,1-4H3. The SMILES string of the molecule is CCOc1ccc(C(O)=C2C(=O)C(=O)N(c3nc4ccc(OCC)cc4s3)C2c2ccc(OCC)c(OCC)c2)cc1. The van der Waals surface area contributed by atoms with Crippen LogP contribution in [0.4, 0.5) is 5.13 Å². The van der Waals surface area contributed by atoms with Gasteiger partial charge in [-0.15, -0.1) is 0 Å². The van der Waals surface area contributed by atoms with Crippen LogP contribution in [0, 0.1) is 0 Å². The Bertz CT molecular complexity index is 1640. The Hall–Kier alpha value is -4.57. The number of rotatable bonds is 11. The summed E-state index contributed by atoms with van der Waals surface area (Å²) in [6, 6.07) is 16.5. The van der Waals surface area contributed by atoms with Gasteiger partial charge in [-0.3, -0.25) is 14.5 Å². The predicted octanol–water partition coefficient (Wildman–Crippen LogP) is 6.52. The lowest BCUT2D eigenvalue weighted by atomic mass is 9.95. The van der Waals surface area contributed by atoms with Crippen LogP contribution in [0.25, 0.3) is 16.0 Å². The summed E-state index contributed by atoms with van der Waals surface area (Å²) in [6.45, 7) is 9.34. The minimum absolute atomic E-state index is 0.0509. The normalized spacial score (nSPS) is 16.2. The van der Waals surface area contributed by atoms with Gasteiger partial charge >= 0.3 is 5.91 Å². The van der Waals surface area contributed by atoms with Gasteiger partial charge in [0, 0.05) is 5.56 Å². The summed E-state index contributed by atoms with van der Waals surface area (Å²) in [5.41, 5.74) is 1.54. The topological polar surface area (TPSA) is 107 Å². The number of amides is 1. The van der Waals surface area contributed by atoms with E-state index < -0.39 is 17.7 Å². The third kappa shape index (κ3) is 5.49. The number of ketones is 1. The van der Waals surface area contributed by atoms with E-state index in [1.54, 1.807) is 42.5 Å². The quantitative estimate of drug-likeness (QED) is 0.120. The number of ether oxygens (including phenoxy) is 4. The number of carbonyl (C=O) groups excluding carboxylic acids is 2. The van der Waals surface area contributed by atoms with Crippen molar-refractivity contribution in [2.45, 2.75) is 33.7 Å². The van der Waals surface area contributed by atoms with E-state index in [4.69, 9.17) is 23.9 Å². The molecule has 0 bridgehead atoms. The van der Waals surface area contributed by atoms with E-state index in [2.05, 4.69) is 0 Å². The van der Waals surface area contributed by atoms with E-state index in [1.807, 2.05) is 45.9 Å². The molecular weight excluding hydrogens is 556 g/mol. The van der Waals surface area contributed by atoms with Gasteiger partial charge in [-0.25, -0.2) is 4.98 Å². The Kier molecular flexibility index (Phi) is 8.63. The number of carbonyl (C=O) groups is 2. The molecule has 1 aromatic heterocycles. The van der Waals surface area contributed by atoms with Gasteiger partial charge in [0.25, 0.3) is 5.78 Å². The first-order valence-corrected chi connectivity index (χ1v) is 14.7. The van der Waals surface area contributed by atoms with Gasteiger partial charge in [0.2, 0.25) is 0 Å². The van der Waals surface area contributed by atoms with Gasteiger partial charge in [-0.05, 0) is 87.9 Å². The molecule has 10 heteroatoms. The van der Waals surface area contributed by atoms with Crippen molar-refractivity contribution in [1.82, 2.24) is 4.98 Å². The first-order valence-electron chi connectivity index (χ1n) is 13.9. The van der Waals surface area contributed by atoms with Gasteiger partial charge in [-0.1, -0.05) is 17.4 Å². The maximum absolute atomic E-state index is 13.7. The van der Waals surface area contributed by atoms with Crippen molar-refractivity contribution in [3.05, 3.63) is 77.4 Å². The lowest BCUT2D eigenvalue weighted by Crippen LogP contribution is -2.29. The number of hydrogen-bond donors (Lipinski definition) is 1. The first-order chi connectivity index (χ1) is 20.4. The fourth-order valence-corrected chi connectivity index (χ4v) is 5.89. The molecule has 1 aliphatic rings. The highest BCUT2D eigenvalue weighted by Crippen LogP contribution is 2.46. The highest BCUT2D eigenvalue weighted by molar-refractivity contribution is 7.22. The molecule has 4 aromatic rings. The van der Waals surface area contributed by atoms with Crippen molar-refractivity contribution in [2.75, 3.05) is 31.3 Å². The molecule has 1 amide bonds. The second-order valence-electron chi connectivity index (χ2n) is 9.26. The molecule has 3 aromatic carbocycles. The van der Waals surface area contributed by atoms with E-state index in [0.29, 0.717) is 71.2 Å². The van der Waals surface area contributed by atoms with Crippen LogP contribution in [0.3, 0.4) is 0 Å². The summed E-state index contributed by atoms with van der Waals surface area (Å²) >= 11 is 1.27. The molecular formula is C32H32N2O7S. The van der Waals surface area contributed by atoms with Crippen molar-refractivity contribution < 1.29 is 33.6 Å². The maximum Gasteiger partial charge on any atom is 0.301 e. The van der Waals surface area contributed by atoms with Gasteiger partial charge in [0.1, 0.15) is 17.3 Å². The zero-order valence-corrected chi connectivity index (χ0v) is 24.7. The highest BCUT2D eigenvalue weighted by atomic mass is 32.1. The Balaban J connectivity index is 1.69. The van der Waals surface area contributed by atoms with Gasteiger partial charge in [0.15, 0.2) is 16.6 Å². The van der Waals surface area contributed by atoms with Crippen LogP contribution in [-0.2, 0) is 9.59 Å². The minimum atomic E-state index is -0.974. The van der Waals surface area contributed by atoms with Crippen LogP contribution in [-0.4, -0.2) is 48.2 Å². The maximum atomic E-state index is 13.7. The third-order valence-electron chi connectivity index (χ3n) is 6.63. The van der Waals surface area contributed by atoms with Crippen LogP contribution >= 0.6 is 11.3 Å². The zero-order chi connectivity index (χ0) is 29.8. The summed E-state index contributed by atoms with van der Waals surface area (Å²) < 4.78 is 23.5. The number of nitrogens with zero attached hydrogens (tertiary/aromatic N) is 2. The van der Waals surface area contributed by atoms with E-state index in [9.17, 15) is 14.7 Å². The molecule has 0 radical (unpaired) electrons. The van der Waals surface area contributed by atoms with E-state index >= 15 is 0 Å². The molecule has 1 aliphatic heterocycles. The average Bonchev–Trinajstić information content (AvgIpc) is 3.52. The van der Waals surface area contributed by atoms with Crippen LogP contribution in [0.1, 0.15) is 44.9 Å². The number of benzene rings is 3. The number of anilines is 1. The number of hydrogen-bond acceptors (Lipinski definition) is 9. The fourth-order valence-electron chi connectivity index (χ4n) is 4.87. The van der Waals surface area contributed by atoms with Crippen molar-refractivity contribution >= 4 is 44.1 Å². The smallest absolute Gasteiger partial charge is 0.301 e. The molecule has 42 heavy (non-hydrogen) atoms. The minimum Gasteiger partial charge on any atom is -0.507 e. The molecule has 1 fully saturated rings. The number of aromatic nitrogens is 1. The highest BCUT2D eigenvalue weighted by Gasteiger charge is 2.48. The second-order valence-corrected chi connectivity index (χ2v) is 10.3. The van der Waals surface area contributed by atoms with Crippen molar-refractivity contribution in [2.24, 2.45) is 0 Å². The zero-order valence-electron chi connectivity index (χ0n) is 23.9. The molecule has 2 heterocycles. The molecule has 1 atom stereocenters. The number of aliphatic hydroxyl groups is 1. The van der Waals surface area contributed by atoms with E-state index in [-0.39, 0.29) is 11.3 Å². The number of thiazole rings is 1. The number of aliphatic hydroxyl groups excluding tert-OH is 1. The van der Waals surface area contributed by atoms with Crippen LogP contribution in [0.2, 0.25) is 0 Å². The Morgan fingerprint density at radius 1 is 0.810 bits per heavy atom. The Labute approximate surface area is 247 Å². The van der Waals surface area contributed by atoms with Crippen molar-refractivity contribution in [1.29, 1.82) is 0 Å². The largest absolute Gasteiger partial charge is 0.507 e. The average molecular weight is 589 g/mol. The summed E-state index contributed by atoms with van der Waals surface area (Å²) in [6.07, 6.45) is 0. The summed E-state index contributed by atoms with van der Waals surface area (Å²) in [5, 5.41) is 11.8. The lowest BCUT2D eigenvalue weighted by molar-refractivity contribution is -0.132. The van der Waals surface area contributed by atoms with E-state index in [0.717, 1.165) is 4.70 Å². The summed E-state index contributed by atoms with van der Waals surface area (Å²) in [5.74, 6) is 0.414. The van der Waals surface area contributed by atoms with Crippen molar-refractivity contribution in [3.63, 3.8) is 0 Å². The Morgan fingerprint density at radius 3 is 2.14 bits per heavy atom. The van der Waals surface area contributed by atoms with E-state index in [1.165, 1.54) is 16.2 Å². The molecule has 0 aliphatic carbocycles. The number of Topliss-reactive ketones (excluding diaryl/α,β-unsaturated/α-hetero) is 1. The molecule has 0 saturated carbocycles. The molecule has 1 unspecified atom stereocenters. The fraction of sp³-hybridized carbons (Fsp3) is 0.281. The lowest BCUT2D eigenvalue weighted by Gasteiger charge is -2.24. The molecule has 1 saturated heterocycles.